The molecule has 0 saturated heterocycles. The fraction of sp³-hybridized carbons (Fsp3) is 0.391. The molecule has 0 bridgehead atoms. The topological polar surface area (TPSA) is 76.8 Å². The Morgan fingerprint density at radius 3 is 2.03 bits per heavy atom. The van der Waals surface area contributed by atoms with Crippen LogP contribution in [0.4, 0.5) is 42.5 Å². The van der Waals surface area contributed by atoms with Gasteiger partial charge in [0.25, 0.3) is 0 Å². The quantitative estimate of drug-likeness (QED) is 0.449. The van der Waals surface area contributed by atoms with Crippen LogP contribution in [0.3, 0.4) is 0 Å². The van der Waals surface area contributed by atoms with Crippen molar-refractivity contribution in [2.24, 2.45) is 0 Å². The fourth-order valence-corrected chi connectivity index (χ4v) is 3.33. The first kappa shape index (κ1) is 27.6. The summed E-state index contributed by atoms with van der Waals surface area (Å²) in [6.07, 6.45) is -10.8. The van der Waals surface area contributed by atoms with Crippen molar-refractivity contribution in [2.45, 2.75) is 38.7 Å². The zero-order chi connectivity index (χ0) is 26.6. The predicted octanol–water partition coefficient (Wildman–Crippen LogP) is 6.31. The summed E-state index contributed by atoms with van der Waals surface area (Å²) in [4.78, 5) is 13.4. The van der Waals surface area contributed by atoms with E-state index in [0.29, 0.717) is 16.7 Å². The van der Waals surface area contributed by atoms with E-state index in [1.54, 1.807) is 20.8 Å². The molecule has 12 heteroatoms. The van der Waals surface area contributed by atoms with Crippen LogP contribution in [0.2, 0.25) is 0 Å². The lowest BCUT2D eigenvalue weighted by molar-refractivity contribution is -0.137. The van der Waals surface area contributed by atoms with Crippen LogP contribution in [-0.2, 0) is 6.18 Å². The summed E-state index contributed by atoms with van der Waals surface area (Å²) in [6.45, 7) is 2.86. The SMILES string of the molecule is CC(C)(C)N(C(=O)O)c1ccc(OCCN(CC(F)(F)F)c2ccc(C#N)c(C(F)(F)F)c2)cc1. The number of alkyl halides is 6. The Morgan fingerprint density at radius 2 is 1.57 bits per heavy atom. The second-order valence-electron chi connectivity index (χ2n) is 8.51. The van der Waals surface area contributed by atoms with Crippen LogP contribution < -0.4 is 14.5 Å². The minimum absolute atomic E-state index is 0.232. The number of nitrogens with zero attached hydrogens (tertiary/aromatic N) is 3. The first-order valence-electron chi connectivity index (χ1n) is 10.2. The predicted molar refractivity (Wildman–Crippen MR) is 117 cm³/mol. The molecule has 190 valence electrons. The normalized spacial score (nSPS) is 12.1. The van der Waals surface area contributed by atoms with Crippen molar-refractivity contribution in [1.82, 2.24) is 0 Å². The van der Waals surface area contributed by atoms with Gasteiger partial charge in [-0.2, -0.15) is 31.6 Å². The van der Waals surface area contributed by atoms with Crippen molar-refractivity contribution in [3.8, 4) is 11.8 Å². The summed E-state index contributed by atoms with van der Waals surface area (Å²) < 4.78 is 84.5. The fourth-order valence-electron chi connectivity index (χ4n) is 3.33. The first-order valence-corrected chi connectivity index (χ1v) is 10.2. The van der Waals surface area contributed by atoms with Gasteiger partial charge in [-0.1, -0.05) is 0 Å². The molecule has 2 aromatic carbocycles. The number of rotatable bonds is 7. The number of nitriles is 1. The molecule has 0 spiro atoms. The van der Waals surface area contributed by atoms with Gasteiger partial charge < -0.3 is 14.7 Å². The molecule has 6 nitrogen and oxygen atoms in total. The van der Waals surface area contributed by atoms with E-state index in [1.807, 2.05) is 0 Å². The average Bonchev–Trinajstić information content (AvgIpc) is 2.71. The minimum Gasteiger partial charge on any atom is -0.492 e. The number of ether oxygens (including phenoxy) is 1. The number of halogens is 6. The Balaban J connectivity index is 2.20. The molecule has 1 N–H and O–H groups in total. The molecule has 35 heavy (non-hydrogen) atoms. The maximum absolute atomic E-state index is 13.2. The molecule has 0 radical (unpaired) electrons. The lowest BCUT2D eigenvalue weighted by atomic mass is 10.1. The van der Waals surface area contributed by atoms with Crippen LogP contribution in [-0.4, -0.2) is 42.6 Å². The lowest BCUT2D eigenvalue weighted by Crippen LogP contribution is -2.45. The van der Waals surface area contributed by atoms with Crippen LogP contribution in [0.5, 0.6) is 5.75 Å². The van der Waals surface area contributed by atoms with Gasteiger partial charge in [0, 0.05) is 16.9 Å². The van der Waals surface area contributed by atoms with Gasteiger partial charge in [-0.15, -0.1) is 0 Å². The molecule has 2 aromatic rings. The van der Waals surface area contributed by atoms with Gasteiger partial charge in [0.2, 0.25) is 0 Å². The van der Waals surface area contributed by atoms with E-state index in [9.17, 15) is 36.2 Å². The Hall–Kier alpha value is -3.62. The zero-order valence-corrected chi connectivity index (χ0v) is 19.0. The molecular weight excluding hydrogens is 480 g/mol. The van der Waals surface area contributed by atoms with Gasteiger partial charge in [-0.25, -0.2) is 4.79 Å². The average molecular weight is 503 g/mol. The molecule has 0 aromatic heterocycles. The maximum Gasteiger partial charge on any atom is 0.417 e. The summed E-state index contributed by atoms with van der Waals surface area (Å²) >= 11 is 0. The van der Waals surface area contributed by atoms with Crippen LogP contribution in [0.15, 0.2) is 42.5 Å². The van der Waals surface area contributed by atoms with E-state index in [2.05, 4.69) is 0 Å². The molecule has 0 saturated carbocycles. The summed E-state index contributed by atoms with van der Waals surface area (Å²) in [7, 11) is 0. The molecule has 1 amide bonds. The third-order valence-corrected chi connectivity index (χ3v) is 4.75. The van der Waals surface area contributed by atoms with E-state index >= 15 is 0 Å². The molecule has 0 atom stereocenters. The third kappa shape index (κ3) is 7.70. The van der Waals surface area contributed by atoms with Gasteiger partial charge in [0.05, 0.1) is 23.7 Å². The van der Waals surface area contributed by atoms with E-state index in [1.165, 1.54) is 30.3 Å². The summed E-state index contributed by atoms with van der Waals surface area (Å²) in [5.41, 5.74) is -2.77. The van der Waals surface area contributed by atoms with E-state index in [-0.39, 0.29) is 18.0 Å². The Morgan fingerprint density at radius 1 is 1.00 bits per heavy atom. The highest BCUT2D eigenvalue weighted by molar-refractivity contribution is 5.87. The van der Waals surface area contributed by atoms with E-state index in [4.69, 9.17) is 10.00 Å². The molecule has 2 rings (SSSR count). The summed E-state index contributed by atoms with van der Waals surface area (Å²) in [5, 5.41) is 18.3. The van der Waals surface area contributed by atoms with Crippen LogP contribution >= 0.6 is 0 Å². The largest absolute Gasteiger partial charge is 0.492 e. The van der Waals surface area contributed by atoms with Crippen molar-refractivity contribution < 1.29 is 41.0 Å². The van der Waals surface area contributed by atoms with Crippen molar-refractivity contribution in [2.75, 3.05) is 29.5 Å². The van der Waals surface area contributed by atoms with E-state index < -0.39 is 48.2 Å². The van der Waals surface area contributed by atoms with Crippen molar-refractivity contribution in [1.29, 1.82) is 5.26 Å². The number of hydrogen-bond donors (Lipinski definition) is 1. The van der Waals surface area contributed by atoms with Gasteiger partial charge in [0.15, 0.2) is 0 Å². The second kappa shape index (κ2) is 10.3. The molecule has 0 aliphatic rings. The van der Waals surface area contributed by atoms with Gasteiger partial charge in [-0.05, 0) is 63.2 Å². The Bertz CT molecular complexity index is 1070. The van der Waals surface area contributed by atoms with Gasteiger partial charge >= 0.3 is 18.4 Å². The highest BCUT2D eigenvalue weighted by Gasteiger charge is 2.36. The van der Waals surface area contributed by atoms with Gasteiger partial charge in [-0.3, -0.25) is 4.90 Å². The molecular formula is C23H23F6N3O3. The maximum atomic E-state index is 13.2. The highest BCUT2D eigenvalue weighted by Crippen LogP contribution is 2.35. The second-order valence-corrected chi connectivity index (χ2v) is 8.51. The number of amides is 1. The molecule has 0 unspecified atom stereocenters. The zero-order valence-electron chi connectivity index (χ0n) is 19.0. The Kier molecular flexibility index (Phi) is 8.15. The Labute approximate surface area is 197 Å². The first-order chi connectivity index (χ1) is 16.0. The third-order valence-electron chi connectivity index (χ3n) is 4.75. The monoisotopic (exact) mass is 503 g/mol. The van der Waals surface area contributed by atoms with Crippen LogP contribution in [0.25, 0.3) is 0 Å². The number of anilines is 2. The smallest absolute Gasteiger partial charge is 0.417 e. The number of hydrogen-bond acceptors (Lipinski definition) is 4. The van der Waals surface area contributed by atoms with Crippen molar-refractivity contribution >= 4 is 17.5 Å². The minimum atomic E-state index is -4.92. The van der Waals surface area contributed by atoms with Crippen molar-refractivity contribution in [3.63, 3.8) is 0 Å². The number of carbonyl (C=O) groups is 1. The molecule has 0 heterocycles. The van der Waals surface area contributed by atoms with Crippen LogP contribution in [0, 0.1) is 11.3 Å². The van der Waals surface area contributed by atoms with Crippen molar-refractivity contribution in [3.05, 3.63) is 53.6 Å². The summed E-state index contributed by atoms with van der Waals surface area (Å²) in [5.74, 6) is 0.232. The lowest BCUT2D eigenvalue weighted by Gasteiger charge is -2.33. The molecule has 0 aliphatic carbocycles. The molecule has 0 fully saturated rings. The standard InChI is InChI=1S/C23H23F6N3O3/c1-21(2,3)32(20(33)34)16-6-8-18(9-7-16)35-11-10-31(14-22(24,25)26)17-5-4-15(13-30)19(12-17)23(27,28)29/h4-9,12H,10-11,14H2,1-3H3,(H,33,34). The number of carboxylic acid groups (broad SMARTS) is 1. The van der Waals surface area contributed by atoms with E-state index in [0.717, 1.165) is 17.0 Å². The highest BCUT2D eigenvalue weighted by atomic mass is 19.4. The molecule has 0 aliphatic heterocycles. The van der Waals surface area contributed by atoms with Crippen LogP contribution in [0.1, 0.15) is 31.9 Å². The summed E-state index contributed by atoms with van der Waals surface area (Å²) in [6, 6.07) is 9.55. The number of benzene rings is 2. The van der Waals surface area contributed by atoms with Gasteiger partial charge in [0.1, 0.15) is 18.9 Å².